The molecule has 0 heterocycles. The van der Waals surface area contributed by atoms with Crippen LogP contribution in [0.1, 0.15) is 27.0 Å². The van der Waals surface area contributed by atoms with Crippen LogP contribution in [0, 0.1) is 6.92 Å². The minimum Gasteiger partial charge on any atom is -0.322 e. The summed E-state index contributed by atoms with van der Waals surface area (Å²) in [4.78, 5) is 12.0. The standard InChI is InChI=1S/C16H11F6NO/c1-9-3-2-4-13(5-9)23-14(24)10-6-11(15(17,18)19)8-12(7-10)16(20,21)22/h2-8H,1H3,(H,23,24). The number of halogens is 6. The van der Waals surface area contributed by atoms with Gasteiger partial charge >= 0.3 is 12.4 Å². The molecule has 0 spiro atoms. The van der Waals surface area contributed by atoms with Crippen molar-refractivity contribution in [3.05, 3.63) is 64.7 Å². The lowest BCUT2D eigenvalue weighted by Crippen LogP contribution is -2.17. The molecule has 0 saturated heterocycles. The molecule has 0 aliphatic carbocycles. The Balaban J connectivity index is 2.43. The van der Waals surface area contributed by atoms with Crippen molar-refractivity contribution in [2.75, 3.05) is 5.32 Å². The molecule has 0 aromatic heterocycles. The van der Waals surface area contributed by atoms with Crippen LogP contribution in [0.3, 0.4) is 0 Å². The van der Waals surface area contributed by atoms with Crippen LogP contribution in [-0.4, -0.2) is 5.91 Å². The van der Waals surface area contributed by atoms with Gasteiger partial charge in [0.2, 0.25) is 0 Å². The second-order valence-corrected chi connectivity index (χ2v) is 5.12. The molecule has 0 fully saturated rings. The third kappa shape index (κ3) is 4.27. The van der Waals surface area contributed by atoms with Gasteiger partial charge in [-0.3, -0.25) is 4.79 Å². The van der Waals surface area contributed by atoms with Crippen molar-refractivity contribution in [1.82, 2.24) is 0 Å². The van der Waals surface area contributed by atoms with Crippen LogP contribution in [0.4, 0.5) is 32.0 Å². The normalized spacial score (nSPS) is 12.1. The predicted molar refractivity (Wildman–Crippen MR) is 75.6 cm³/mol. The summed E-state index contributed by atoms with van der Waals surface area (Å²) in [5.41, 5.74) is -2.75. The number of carbonyl (C=O) groups excluding carboxylic acids is 1. The van der Waals surface area contributed by atoms with E-state index in [0.717, 1.165) is 5.56 Å². The molecule has 24 heavy (non-hydrogen) atoms. The summed E-state index contributed by atoms with van der Waals surface area (Å²) >= 11 is 0. The molecule has 0 unspecified atom stereocenters. The Bertz CT molecular complexity index is 732. The summed E-state index contributed by atoms with van der Waals surface area (Å²) in [5.74, 6) is -1.06. The molecular weight excluding hydrogens is 336 g/mol. The smallest absolute Gasteiger partial charge is 0.322 e. The van der Waals surface area contributed by atoms with E-state index in [0.29, 0.717) is 12.1 Å². The Labute approximate surface area is 133 Å². The van der Waals surface area contributed by atoms with Gasteiger partial charge in [-0.05, 0) is 42.8 Å². The van der Waals surface area contributed by atoms with Crippen molar-refractivity contribution in [1.29, 1.82) is 0 Å². The molecule has 128 valence electrons. The van der Waals surface area contributed by atoms with Gasteiger partial charge in [-0.15, -0.1) is 0 Å². The minimum absolute atomic E-state index is 0.0244. The largest absolute Gasteiger partial charge is 0.416 e. The SMILES string of the molecule is Cc1cccc(NC(=O)c2cc(C(F)(F)F)cc(C(F)(F)F)c2)c1. The molecule has 0 atom stereocenters. The van der Waals surface area contributed by atoms with Crippen LogP contribution in [-0.2, 0) is 12.4 Å². The average Bonchev–Trinajstić information content (AvgIpc) is 2.45. The number of carbonyl (C=O) groups is 1. The molecular formula is C16H11F6NO. The molecule has 2 nitrogen and oxygen atoms in total. The number of benzene rings is 2. The first kappa shape index (κ1) is 17.8. The average molecular weight is 347 g/mol. The summed E-state index contributed by atoms with van der Waals surface area (Å²) < 4.78 is 76.7. The van der Waals surface area contributed by atoms with Crippen LogP contribution >= 0.6 is 0 Å². The van der Waals surface area contributed by atoms with Gasteiger partial charge in [0, 0.05) is 11.3 Å². The van der Waals surface area contributed by atoms with Gasteiger partial charge < -0.3 is 5.32 Å². The fourth-order valence-corrected chi connectivity index (χ4v) is 2.01. The molecule has 8 heteroatoms. The molecule has 0 aliphatic heterocycles. The van der Waals surface area contributed by atoms with Crippen LogP contribution in [0.5, 0.6) is 0 Å². The maximum absolute atomic E-state index is 12.8. The second kappa shape index (κ2) is 6.18. The molecule has 0 aliphatic rings. The summed E-state index contributed by atoms with van der Waals surface area (Å²) in [5, 5.41) is 2.28. The van der Waals surface area contributed by atoms with Crippen molar-refractivity contribution in [2.45, 2.75) is 19.3 Å². The van der Waals surface area contributed by atoms with Gasteiger partial charge in [0.05, 0.1) is 11.1 Å². The van der Waals surface area contributed by atoms with Gasteiger partial charge in [-0.25, -0.2) is 0 Å². The van der Waals surface area contributed by atoms with E-state index in [2.05, 4.69) is 5.32 Å². The highest BCUT2D eigenvalue weighted by Gasteiger charge is 2.37. The molecule has 2 aromatic rings. The van der Waals surface area contributed by atoms with Crippen LogP contribution in [0.2, 0.25) is 0 Å². The summed E-state index contributed by atoms with van der Waals surface area (Å²) in [7, 11) is 0. The summed E-state index contributed by atoms with van der Waals surface area (Å²) in [6.07, 6.45) is -10.0. The first-order valence-corrected chi connectivity index (χ1v) is 6.64. The number of alkyl halides is 6. The van der Waals surface area contributed by atoms with Crippen LogP contribution in [0.25, 0.3) is 0 Å². The second-order valence-electron chi connectivity index (χ2n) is 5.12. The Morgan fingerprint density at radius 2 is 1.42 bits per heavy atom. The summed E-state index contributed by atoms with van der Waals surface area (Å²) in [6, 6.07) is 7.09. The first-order valence-electron chi connectivity index (χ1n) is 6.64. The molecule has 0 saturated carbocycles. The monoisotopic (exact) mass is 347 g/mol. The van der Waals surface area contributed by atoms with Crippen molar-refractivity contribution >= 4 is 11.6 Å². The maximum Gasteiger partial charge on any atom is 0.416 e. The van der Waals surface area contributed by atoms with E-state index in [-0.39, 0.29) is 11.8 Å². The molecule has 2 aromatic carbocycles. The topological polar surface area (TPSA) is 29.1 Å². The Hall–Kier alpha value is -2.51. The van der Waals surface area contributed by atoms with Crippen molar-refractivity contribution in [3.8, 4) is 0 Å². The van der Waals surface area contributed by atoms with Gasteiger partial charge in [0.15, 0.2) is 0 Å². The highest BCUT2D eigenvalue weighted by molar-refractivity contribution is 6.04. The van der Waals surface area contributed by atoms with Crippen molar-refractivity contribution in [3.63, 3.8) is 0 Å². The minimum atomic E-state index is -5.00. The number of amides is 1. The Morgan fingerprint density at radius 3 is 1.88 bits per heavy atom. The summed E-state index contributed by atoms with van der Waals surface area (Å²) in [6.45, 7) is 1.72. The zero-order chi connectivity index (χ0) is 18.1. The molecule has 1 amide bonds. The number of anilines is 1. The fraction of sp³-hybridized carbons (Fsp3) is 0.188. The van der Waals surface area contributed by atoms with Crippen LogP contribution in [0.15, 0.2) is 42.5 Å². The van der Waals surface area contributed by atoms with E-state index in [1.54, 1.807) is 19.1 Å². The van der Waals surface area contributed by atoms with Crippen molar-refractivity contribution < 1.29 is 31.1 Å². The molecule has 2 rings (SSSR count). The van der Waals surface area contributed by atoms with Crippen molar-refractivity contribution in [2.24, 2.45) is 0 Å². The molecule has 0 bridgehead atoms. The quantitative estimate of drug-likeness (QED) is 0.736. The predicted octanol–water partition coefficient (Wildman–Crippen LogP) is 5.28. The first-order chi connectivity index (χ1) is 11.0. The van der Waals surface area contributed by atoms with E-state index < -0.39 is 35.0 Å². The number of hydrogen-bond acceptors (Lipinski definition) is 1. The highest BCUT2D eigenvalue weighted by Crippen LogP contribution is 2.36. The Morgan fingerprint density at radius 1 is 0.875 bits per heavy atom. The van der Waals surface area contributed by atoms with Gasteiger partial charge in [-0.2, -0.15) is 26.3 Å². The Kier molecular flexibility index (Phi) is 4.59. The number of nitrogens with one attached hydrogen (secondary N) is 1. The lowest BCUT2D eigenvalue weighted by atomic mass is 10.0. The van der Waals surface area contributed by atoms with E-state index >= 15 is 0 Å². The van der Waals surface area contributed by atoms with E-state index in [4.69, 9.17) is 0 Å². The zero-order valence-corrected chi connectivity index (χ0v) is 12.2. The van der Waals surface area contributed by atoms with Gasteiger partial charge in [0.1, 0.15) is 0 Å². The zero-order valence-electron chi connectivity index (χ0n) is 12.2. The van der Waals surface area contributed by atoms with Gasteiger partial charge in [0.25, 0.3) is 5.91 Å². The van der Waals surface area contributed by atoms with E-state index in [1.165, 1.54) is 12.1 Å². The van der Waals surface area contributed by atoms with Gasteiger partial charge in [-0.1, -0.05) is 12.1 Å². The highest BCUT2D eigenvalue weighted by atomic mass is 19.4. The lowest BCUT2D eigenvalue weighted by Gasteiger charge is -2.14. The fourth-order valence-electron chi connectivity index (χ4n) is 2.01. The van der Waals surface area contributed by atoms with E-state index in [9.17, 15) is 31.1 Å². The lowest BCUT2D eigenvalue weighted by molar-refractivity contribution is -0.143. The third-order valence-electron chi connectivity index (χ3n) is 3.13. The van der Waals surface area contributed by atoms with E-state index in [1.807, 2.05) is 0 Å². The molecule has 1 N–H and O–H groups in total. The number of aryl methyl sites for hydroxylation is 1. The third-order valence-corrected chi connectivity index (χ3v) is 3.13. The van der Waals surface area contributed by atoms with Crippen LogP contribution < -0.4 is 5.32 Å². The number of hydrogen-bond donors (Lipinski definition) is 1. The number of rotatable bonds is 2. The maximum atomic E-state index is 12.8. The molecule has 0 radical (unpaired) electrons.